The largest absolute Gasteiger partial charge is 0.479 e. The number of esters is 1. The van der Waals surface area contributed by atoms with Crippen LogP contribution < -0.4 is 9.64 Å². The number of amides is 1. The number of aromatic nitrogens is 1. The maximum absolute atomic E-state index is 12.7. The molecule has 0 saturated heterocycles. The van der Waals surface area contributed by atoms with Gasteiger partial charge in [-0.05, 0) is 38.5 Å². The number of aryl methyl sites for hydroxylation is 1. The van der Waals surface area contributed by atoms with Gasteiger partial charge in [0.25, 0.3) is 5.91 Å². The number of hydrogen-bond acceptors (Lipinski definition) is 7. The van der Waals surface area contributed by atoms with E-state index in [2.05, 4.69) is 11.9 Å². The van der Waals surface area contributed by atoms with Gasteiger partial charge in [0.15, 0.2) is 6.10 Å². The lowest BCUT2D eigenvalue weighted by Gasteiger charge is -2.32. The van der Waals surface area contributed by atoms with Gasteiger partial charge in [-0.3, -0.25) is 14.5 Å². The predicted octanol–water partition coefficient (Wildman–Crippen LogP) is 3.59. The van der Waals surface area contributed by atoms with E-state index >= 15 is 0 Å². The van der Waals surface area contributed by atoms with Crippen molar-refractivity contribution in [3.05, 3.63) is 28.6 Å². The van der Waals surface area contributed by atoms with Crippen LogP contribution in [0.5, 0.6) is 5.75 Å². The van der Waals surface area contributed by atoms with Crippen LogP contribution in [0.4, 0.5) is 5.69 Å². The minimum atomic E-state index is -0.667. The summed E-state index contributed by atoms with van der Waals surface area (Å²) in [5.41, 5.74) is 2.24. The lowest BCUT2D eigenvalue weighted by Crippen LogP contribution is -2.47. The molecule has 0 aliphatic carbocycles. The molecule has 1 aromatic carbocycles. The van der Waals surface area contributed by atoms with Crippen LogP contribution in [-0.2, 0) is 19.1 Å². The van der Waals surface area contributed by atoms with Crippen molar-refractivity contribution in [2.24, 2.45) is 0 Å². The lowest BCUT2D eigenvalue weighted by atomic mass is 10.1. The van der Waals surface area contributed by atoms with Gasteiger partial charge in [-0.25, -0.2) is 4.98 Å². The fourth-order valence-electron chi connectivity index (χ4n) is 2.96. The molecule has 1 unspecified atom stereocenters. The molecule has 0 spiro atoms. The number of carbonyl (C=O) groups is 2. The van der Waals surface area contributed by atoms with E-state index in [1.54, 1.807) is 18.3 Å². The highest BCUT2D eigenvalue weighted by molar-refractivity contribution is 7.09. The summed E-state index contributed by atoms with van der Waals surface area (Å²) in [5, 5.41) is 2.92. The van der Waals surface area contributed by atoms with E-state index in [-0.39, 0.29) is 19.1 Å². The molecule has 29 heavy (non-hydrogen) atoms. The van der Waals surface area contributed by atoms with E-state index in [0.717, 1.165) is 29.1 Å². The zero-order valence-electron chi connectivity index (χ0n) is 17.0. The highest BCUT2D eigenvalue weighted by atomic mass is 32.1. The van der Waals surface area contributed by atoms with Gasteiger partial charge in [-0.15, -0.1) is 11.3 Å². The average Bonchev–Trinajstić information content (AvgIpc) is 3.14. The van der Waals surface area contributed by atoms with Gasteiger partial charge in [0.2, 0.25) is 0 Å². The van der Waals surface area contributed by atoms with E-state index in [9.17, 15) is 9.59 Å². The highest BCUT2D eigenvalue weighted by Gasteiger charge is 2.33. The van der Waals surface area contributed by atoms with E-state index in [0.29, 0.717) is 24.7 Å². The minimum absolute atomic E-state index is 0.168. The number of benzene rings is 1. The number of ether oxygens (including phenoxy) is 3. The standard InChI is InChI=1S/C21H26N2O5S/c1-4-5-8-26-9-10-27-20(24)12-23-18-11-16(17-13-29-15(3)22-17)6-7-19(18)28-14(2)21(23)25/h6-7,11,13-14H,4-5,8-10,12H2,1-3H3. The molecule has 1 atom stereocenters. The molecule has 0 N–H and O–H groups in total. The Kier molecular flexibility index (Phi) is 7.22. The van der Waals surface area contributed by atoms with Crippen molar-refractivity contribution in [1.82, 2.24) is 4.98 Å². The molecule has 3 rings (SSSR count). The molecule has 156 valence electrons. The summed E-state index contributed by atoms with van der Waals surface area (Å²) in [5.74, 6) is -0.198. The summed E-state index contributed by atoms with van der Waals surface area (Å²) >= 11 is 1.56. The third kappa shape index (κ3) is 5.33. The second-order valence-electron chi connectivity index (χ2n) is 6.81. The second-order valence-corrected chi connectivity index (χ2v) is 7.87. The van der Waals surface area contributed by atoms with Gasteiger partial charge in [0.1, 0.15) is 18.9 Å². The van der Waals surface area contributed by atoms with Crippen LogP contribution in [0, 0.1) is 6.92 Å². The van der Waals surface area contributed by atoms with Crippen LogP contribution in [0.25, 0.3) is 11.3 Å². The molecule has 0 fully saturated rings. The molecular formula is C21H26N2O5S. The molecule has 1 aromatic heterocycles. The smallest absolute Gasteiger partial charge is 0.326 e. The Balaban J connectivity index is 1.70. The topological polar surface area (TPSA) is 78.0 Å². The summed E-state index contributed by atoms with van der Waals surface area (Å²) in [7, 11) is 0. The Morgan fingerprint density at radius 1 is 1.31 bits per heavy atom. The monoisotopic (exact) mass is 418 g/mol. The summed E-state index contributed by atoms with van der Waals surface area (Å²) in [4.78, 5) is 30.9. The fraction of sp³-hybridized carbons (Fsp3) is 0.476. The van der Waals surface area contributed by atoms with Crippen molar-refractivity contribution in [3.63, 3.8) is 0 Å². The number of carbonyl (C=O) groups excluding carboxylic acids is 2. The van der Waals surface area contributed by atoms with Crippen LogP contribution in [0.2, 0.25) is 0 Å². The summed E-state index contributed by atoms with van der Waals surface area (Å²) in [6.45, 7) is 6.69. The van der Waals surface area contributed by atoms with Crippen LogP contribution in [0.1, 0.15) is 31.7 Å². The summed E-state index contributed by atoms with van der Waals surface area (Å²) in [6.07, 6.45) is 1.37. The van der Waals surface area contributed by atoms with Crippen molar-refractivity contribution >= 4 is 28.9 Å². The van der Waals surface area contributed by atoms with Gasteiger partial charge in [0.05, 0.1) is 23.0 Å². The Labute approximate surface area is 174 Å². The molecule has 1 aliphatic heterocycles. The summed E-state index contributed by atoms with van der Waals surface area (Å²) < 4.78 is 16.3. The van der Waals surface area contributed by atoms with Crippen molar-refractivity contribution in [2.75, 3.05) is 31.3 Å². The first-order valence-electron chi connectivity index (χ1n) is 9.77. The number of thiazole rings is 1. The number of unbranched alkanes of at least 4 members (excludes halogenated alkanes) is 1. The maximum atomic E-state index is 12.7. The normalized spacial score (nSPS) is 15.8. The maximum Gasteiger partial charge on any atom is 0.326 e. The predicted molar refractivity (Wildman–Crippen MR) is 111 cm³/mol. The second kappa shape index (κ2) is 9.84. The van der Waals surface area contributed by atoms with Gasteiger partial charge in [-0.2, -0.15) is 0 Å². The third-order valence-corrected chi connectivity index (χ3v) is 5.28. The fourth-order valence-corrected chi connectivity index (χ4v) is 3.59. The van der Waals surface area contributed by atoms with Crippen molar-refractivity contribution in [2.45, 2.75) is 39.7 Å². The molecule has 8 heteroatoms. The Morgan fingerprint density at radius 3 is 2.86 bits per heavy atom. The van der Waals surface area contributed by atoms with Crippen LogP contribution in [0.3, 0.4) is 0 Å². The van der Waals surface area contributed by atoms with E-state index in [1.165, 1.54) is 4.90 Å². The van der Waals surface area contributed by atoms with Gasteiger partial charge in [0, 0.05) is 17.6 Å². The van der Waals surface area contributed by atoms with E-state index in [1.807, 2.05) is 30.5 Å². The zero-order valence-corrected chi connectivity index (χ0v) is 17.8. The number of anilines is 1. The Hall–Kier alpha value is -2.45. The van der Waals surface area contributed by atoms with Gasteiger partial charge < -0.3 is 14.2 Å². The minimum Gasteiger partial charge on any atom is -0.479 e. The summed E-state index contributed by atoms with van der Waals surface area (Å²) in [6, 6.07) is 5.54. The first-order chi connectivity index (χ1) is 14.0. The van der Waals surface area contributed by atoms with Gasteiger partial charge >= 0.3 is 5.97 Å². The number of hydrogen-bond donors (Lipinski definition) is 0. The average molecular weight is 419 g/mol. The zero-order chi connectivity index (χ0) is 20.8. The lowest BCUT2D eigenvalue weighted by molar-refractivity contribution is -0.144. The molecule has 2 heterocycles. The molecule has 0 bridgehead atoms. The SMILES string of the molecule is CCCCOCCOC(=O)CN1C(=O)C(C)Oc2ccc(-c3csc(C)n3)cc21. The highest BCUT2D eigenvalue weighted by Crippen LogP contribution is 2.37. The molecule has 0 saturated carbocycles. The first kappa shape index (κ1) is 21.3. The van der Waals surface area contributed by atoms with Crippen LogP contribution in [0.15, 0.2) is 23.6 Å². The molecule has 7 nitrogen and oxygen atoms in total. The molecule has 2 aromatic rings. The van der Waals surface area contributed by atoms with E-state index in [4.69, 9.17) is 14.2 Å². The Morgan fingerprint density at radius 2 is 2.14 bits per heavy atom. The van der Waals surface area contributed by atoms with Gasteiger partial charge in [-0.1, -0.05) is 13.3 Å². The molecule has 1 aliphatic rings. The molecule has 1 amide bonds. The number of rotatable bonds is 9. The van der Waals surface area contributed by atoms with Crippen LogP contribution >= 0.6 is 11.3 Å². The van der Waals surface area contributed by atoms with E-state index < -0.39 is 12.1 Å². The molecule has 0 radical (unpaired) electrons. The quantitative estimate of drug-likeness (QED) is 0.457. The molecular weight excluding hydrogens is 392 g/mol. The van der Waals surface area contributed by atoms with Crippen molar-refractivity contribution in [3.8, 4) is 17.0 Å². The van der Waals surface area contributed by atoms with Crippen molar-refractivity contribution < 1.29 is 23.8 Å². The Bertz CT molecular complexity index is 867. The van der Waals surface area contributed by atoms with Crippen LogP contribution in [-0.4, -0.2) is 49.3 Å². The van der Waals surface area contributed by atoms with Crippen molar-refractivity contribution in [1.29, 1.82) is 0 Å². The first-order valence-corrected chi connectivity index (χ1v) is 10.7. The number of fused-ring (bicyclic) bond motifs is 1. The third-order valence-electron chi connectivity index (χ3n) is 4.50. The number of nitrogens with zero attached hydrogens (tertiary/aromatic N) is 2.